The summed E-state index contributed by atoms with van der Waals surface area (Å²) in [6.07, 6.45) is 0. The van der Waals surface area contributed by atoms with E-state index in [9.17, 15) is 8.42 Å². The van der Waals surface area contributed by atoms with Crippen LogP contribution in [0.25, 0.3) is 11.1 Å². The van der Waals surface area contributed by atoms with Crippen molar-refractivity contribution in [3.8, 4) is 16.9 Å². The first-order chi connectivity index (χ1) is 13.2. The van der Waals surface area contributed by atoms with Crippen LogP contribution in [0.5, 0.6) is 5.75 Å². The number of methoxy groups -OCH3 is 1. The highest BCUT2D eigenvalue weighted by atomic mass is 32.9. The molecule has 0 saturated heterocycles. The normalized spacial score (nSPS) is 15.1. The van der Waals surface area contributed by atoms with Crippen LogP contribution in [0.3, 0.4) is 0 Å². The van der Waals surface area contributed by atoms with Gasteiger partial charge in [0, 0.05) is 11.1 Å². The van der Waals surface area contributed by atoms with Crippen molar-refractivity contribution in [1.82, 2.24) is 0 Å². The summed E-state index contributed by atoms with van der Waals surface area (Å²) >= 11 is 5.59. The summed E-state index contributed by atoms with van der Waals surface area (Å²) in [7, 11) is 0.768. The molecule has 0 fully saturated rings. The fourth-order valence-corrected chi connectivity index (χ4v) is 8.75. The second-order valence-corrected chi connectivity index (χ2v) is 11.8. The molecule has 0 atom stereocenters. The summed E-state index contributed by atoms with van der Waals surface area (Å²) in [5, 5.41) is 0. The number of fused-ring (bicyclic) bond motifs is 3. The Morgan fingerprint density at radius 3 is 2.39 bits per heavy atom. The van der Waals surface area contributed by atoms with Crippen LogP contribution in [0, 0.1) is 10.7 Å². The first kappa shape index (κ1) is 19.6. The second-order valence-electron chi connectivity index (χ2n) is 7.16. The molecule has 4 nitrogen and oxygen atoms in total. The summed E-state index contributed by atoms with van der Waals surface area (Å²) < 4.78 is 35.5. The molecule has 0 unspecified atom stereocenters. The van der Waals surface area contributed by atoms with Crippen LogP contribution in [-0.2, 0) is 15.6 Å². The van der Waals surface area contributed by atoms with E-state index in [-0.39, 0.29) is 4.90 Å². The molecule has 2 heterocycles. The van der Waals surface area contributed by atoms with Gasteiger partial charge in [0.05, 0.1) is 22.4 Å². The van der Waals surface area contributed by atoms with Gasteiger partial charge in [0.25, 0.3) is 10.0 Å². The van der Waals surface area contributed by atoms with E-state index in [4.69, 9.17) is 17.0 Å². The van der Waals surface area contributed by atoms with E-state index < -0.39 is 15.6 Å². The lowest BCUT2D eigenvalue weighted by Crippen LogP contribution is -2.47. The number of nitrogens with zero attached hydrogens (tertiary/aromatic N) is 1. The first-order valence-electron chi connectivity index (χ1n) is 8.62. The van der Waals surface area contributed by atoms with Gasteiger partial charge in [0.2, 0.25) is 0 Å². The summed E-state index contributed by atoms with van der Waals surface area (Å²) in [5.74, 6) is 0.512. The Hall–Kier alpha value is -1.74. The summed E-state index contributed by atoms with van der Waals surface area (Å²) in [5.41, 5.74) is 2.48. The third-order valence-electron chi connectivity index (χ3n) is 4.95. The molecule has 0 radical (unpaired) electrons. The molecule has 0 aliphatic carbocycles. The zero-order valence-corrected chi connectivity index (χ0v) is 19.1. The van der Waals surface area contributed by atoms with E-state index in [1.807, 2.05) is 45.0 Å². The zero-order chi connectivity index (χ0) is 20.3. The Labute approximate surface area is 177 Å². The van der Waals surface area contributed by atoms with Gasteiger partial charge >= 0.3 is 0 Å². The lowest BCUT2D eigenvalue weighted by atomic mass is 9.89. The molecule has 0 amide bonds. The lowest BCUT2D eigenvalue weighted by Gasteiger charge is -2.43. The van der Waals surface area contributed by atoms with Gasteiger partial charge in [-0.05, 0) is 39.0 Å². The van der Waals surface area contributed by atoms with Crippen molar-refractivity contribution < 1.29 is 13.2 Å². The van der Waals surface area contributed by atoms with Crippen molar-refractivity contribution >= 4 is 48.6 Å². The highest BCUT2D eigenvalue weighted by molar-refractivity contribution is 7.93. The number of anilines is 1. The number of para-hydroxylation sites is 1. The quantitative estimate of drug-likeness (QED) is 0.365. The van der Waals surface area contributed by atoms with Gasteiger partial charge < -0.3 is 4.74 Å². The van der Waals surface area contributed by atoms with Gasteiger partial charge in [0.15, 0.2) is 0 Å². The fourth-order valence-electron chi connectivity index (χ4n) is 3.60. The third kappa shape index (κ3) is 2.74. The maximum Gasteiger partial charge on any atom is 0.265 e. The Bertz CT molecular complexity index is 1220. The molecule has 28 heavy (non-hydrogen) atoms. The van der Waals surface area contributed by atoms with Crippen LogP contribution < -0.4 is 9.04 Å². The zero-order valence-electron chi connectivity index (χ0n) is 15.8. The van der Waals surface area contributed by atoms with Crippen LogP contribution in [-0.4, -0.2) is 15.5 Å². The number of aryl methyl sites for hydroxylation is 1. The van der Waals surface area contributed by atoms with E-state index in [0.29, 0.717) is 11.4 Å². The first-order valence-corrected chi connectivity index (χ1v) is 12.6. The molecule has 0 spiro atoms. The molecule has 0 N–H and O–H groups in total. The number of sulfonamides is 1. The van der Waals surface area contributed by atoms with Crippen LogP contribution in [0.4, 0.5) is 5.69 Å². The Morgan fingerprint density at radius 1 is 1.07 bits per heavy atom. The third-order valence-corrected chi connectivity index (χ3v) is 10.3. The minimum absolute atomic E-state index is 0.255. The van der Waals surface area contributed by atoms with E-state index in [0.717, 1.165) is 25.4 Å². The molecular weight excluding hydrogens is 430 g/mol. The Kier molecular flexibility index (Phi) is 4.65. The molecule has 0 saturated carbocycles. The second kappa shape index (κ2) is 6.66. The number of hydrogen-bond donors (Lipinski definition) is 0. The monoisotopic (exact) mass is 449 g/mol. The standard InChI is InChI=1S/C20H19NO3S4/c1-12-8-10-13(11-9-12)28(22,23)21-17-14(6-5-7-15(17)24-4)16-18(20(21,2)3)26-27-19(16)25/h5-11H,1-4H3. The van der Waals surface area contributed by atoms with Crippen LogP contribution in [0.2, 0.25) is 0 Å². The fraction of sp³-hybridized carbons (Fsp3) is 0.250. The SMILES string of the molecule is COc1cccc2c1N(S(=O)(=O)c1ccc(C)cc1)C(C)(C)c1ssc(=S)c1-2. The minimum Gasteiger partial charge on any atom is -0.495 e. The highest BCUT2D eigenvalue weighted by Crippen LogP contribution is 2.56. The number of hydrogen-bond acceptors (Lipinski definition) is 6. The van der Waals surface area contributed by atoms with Gasteiger partial charge in [-0.25, -0.2) is 8.42 Å². The molecule has 0 bridgehead atoms. The summed E-state index contributed by atoms with van der Waals surface area (Å²) in [6, 6.07) is 12.5. The summed E-state index contributed by atoms with van der Waals surface area (Å²) in [4.78, 5) is 1.21. The van der Waals surface area contributed by atoms with Crippen molar-refractivity contribution in [2.45, 2.75) is 31.2 Å². The highest BCUT2D eigenvalue weighted by Gasteiger charge is 2.47. The van der Waals surface area contributed by atoms with Crippen molar-refractivity contribution in [2.75, 3.05) is 11.4 Å². The predicted molar refractivity (Wildman–Crippen MR) is 119 cm³/mol. The van der Waals surface area contributed by atoms with E-state index in [1.165, 1.54) is 14.6 Å². The van der Waals surface area contributed by atoms with Crippen LogP contribution in [0.15, 0.2) is 47.4 Å². The molecular formula is C20H19NO3S4. The van der Waals surface area contributed by atoms with Crippen LogP contribution in [0.1, 0.15) is 24.3 Å². The number of benzene rings is 2. The van der Waals surface area contributed by atoms with Gasteiger partial charge in [-0.3, -0.25) is 4.31 Å². The average molecular weight is 450 g/mol. The van der Waals surface area contributed by atoms with Crippen LogP contribution >= 0.6 is 32.9 Å². The number of rotatable bonds is 3. The van der Waals surface area contributed by atoms with Gasteiger partial charge in [-0.15, -0.1) is 0 Å². The smallest absolute Gasteiger partial charge is 0.265 e. The molecule has 4 rings (SSSR count). The van der Waals surface area contributed by atoms with Crippen molar-refractivity contribution in [1.29, 1.82) is 0 Å². The van der Waals surface area contributed by atoms with Crippen molar-refractivity contribution in [2.24, 2.45) is 0 Å². The minimum atomic E-state index is -3.84. The average Bonchev–Trinajstić information content (AvgIpc) is 3.04. The largest absolute Gasteiger partial charge is 0.495 e. The molecule has 1 aromatic heterocycles. The van der Waals surface area contributed by atoms with Crippen molar-refractivity contribution in [3.05, 3.63) is 56.7 Å². The predicted octanol–water partition coefficient (Wildman–Crippen LogP) is 5.97. The Morgan fingerprint density at radius 2 is 1.75 bits per heavy atom. The Balaban J connectivity index is 2.08. The molecule has 146 valence electrons. The van der Waals surface area contributed by atoms with E-state index in [1.54, 1.807) is 35.6 Å². The van der Waals surface area contributed by atoms with Gasteiger partial charge in [-0.2, -0.15) is 0 Å². The van der Waals surface area contributed by atoms with E-state index >= 15 is 0 Å². The molecule has 1 aliphatic rings. The lowest BCUT2D eigenvalue weighted by molar-refractivity contribution is 0.411. The maximum absolute atomic E-state index is 13.8. The molecule has 3 aromatic rings. The van der Waals surface area contributed by atoms with Crippen molar-refractivity contribution in [3.63, 3.8) is 0 Å². The summed E-state index contributed by atoms with van der Waals surface area (Å²) in [6.45, 7) is 5.78. The number of ether oxygens (including phenoxy) is 1. The topological polar surface area (TPSA) is 46.6 Å². The molecule has 2 aromatic carbocycles. The van der Waals surface area contributed by atoms with Gasteiger partial charge in [0.1, 0.15) is 15.3 Å². The molecule has 8 heteroatoms. The molecule has 1 aliphatic heterocycles. The van der Waals surface area contributed by atoms with E-state index in [2.05, 4.69) is 0 Å². The maximum atomic E-state index is 13.8. The van der Waals surface area contributed by atoms with Gasteiger partial charge in [-0.1, -0.05) is 62.7 Å².